The van der Waals surface area contributed by atoms with Crippen LogP contribution in [0.2, 0.25) is 0 Å². The fourth-order valence-corrected chi connectivity index (χ4v) is 3.45. The lowest BCUT2D eigenvalue weighted by molar-refractivity contribution is -0.114. The third kappa shape index (κ3) is 5.24. The number of rotatable bonds is 7. The van der Waals surface area contributed by atoms with E-state index in [1.165, 1.54) is 20.3 Å². The van der Waals surface area contributed by atoms with Crippen molar-refractivity contribution < 1.29 is 22.7 Å². The molecule has 0 unspecified atom stereocenters. The van der Waals surface area contributed by atoms with Crippen LogP contribution in [-0.4, -0.2) is 41.3 Å². The third-order valence-corrected chi connectivity index (χ3v) is 5.32. The minimum atomic E-state index is -3.73. The molecule has 0 aliphatic heterocycles. The molecule has 0 saturated carbocycles. The van der Waals surface area contributed by atoms with Crippen molar-refractivity contribution in [2.45, 2.75) is 0 Å². The summed E-state index contributed by atoms with van der Waals surface area (Å²) >= 11 is 2.16. The number of carbonyl (C=O) groups excluding carboxylic acids is 1. The molecule has 0 spiro atoms. The number of nitrogens with one attached hydrogen (secondary N) is 1. The van der Waals surface area contributed by atoms with Crippen LogP contribution in [0.25, 0.3) is 0 Å². The highest BCUT2D eigenvalue weighted by atomic mass is 127. The molecule has 0 aliphatic rings. The predicted molar refractivity (Wildman–Crippen MR) is 110 cm³/mol. The zero-order chi connectivity index (χ0) is 19.3. The molecule has 2 rings (SSSR count). The minimum absolute atomic E-state index is 0.229. The van der Waals surface area contributed by atoms with Gasteiger partial charge in [0.15, 0.2) is 0 Å². The van der Waals surface area contributed by atoms with Crippen LogP contribution in [0.4, 0.5) is 11.4 Å². The van der Waals surface area contributed by atoms with E-state index < -0.39 is 22.5 Å². The number of hydrogen-bond donors (Lipinski definition) is 1. The largest absolute Gasteiger partial charge is 0.497 e. The van der Waals surface area contributed by atoms with E-state index in [0.717, 1.165) is 14.1 Å². The van der Waals surface area contributed by atoms with Gasteiger partial charge in [0.05, 0.1) is 26.2 Å². The fraction of sp³-hybridized carbons (Fsp3) is 0.235. The lowest BCUT2D eigenvalue weighted by atomic mass is 10.2. The number of benzene rings is 2. The highest BCUT2D eigenvalue weighted by molar-refractivity contribution is 14.1. The zero-order valence-electron chi connectivity index (χ0n) is 14.5. The average molecular weight is 490 g/mol. The summed E-state index contributed by atoms with van der Waals surface area (Å²) in [6.07, 6.45) is 1.03. The Labute approximate surface area is 166 Å². The molecule has 1 N–H and O–H groups in total. The van der Waals surface area contributed by atoms with Gasteiger partial charge in [-0.15, -0.1) is 0 Å². The molecule has 0 atom stereocenters. The number of sulfonamides is 1. The van der Waals surface area contributed by atoms with Crippen molar-refractivity contribution in [1.82, 2.24) is 0 Å². The van der Waals surface area contributed by atoms with E-state index in [2.05, 4.69) is 27.9 Å². The summed E-state index contributed by atoms with van der Waals surface area (Å²) in [4.78, 5) is 12.4. The quantitative estimate of drug-likeness (QED) is 0.604. The van der Waals surface area contributed by atoms with E-state index in [-0.39, 0.29) is 5.69 Å². The van der Waals surface area contributed by atoms with Crippen molar-refractivity contribution >= 4 is 49.9 Å². The second kappa shape index (κ2) is 8.58. The van der Waals surface area contributed by atoms with Crippen molar-refractivity contribution in [3.05, 3.63) is 46.0 Å². The molecule has 9 heteroatoms. The Balaban J connectivity index is 2.31. The molecule has 0 bridgehead atoms. The van der Waals surface area contributed by atoms with Gasteiger partial charge in [0.1, 0.15) is 18.0 Å². The Bertz CT molecular complexity index is 885. The first-order valence-corrected chi connectivity index (χ1v) is 10.4. The van der Waals surface area contributed by atoms with Crippen molar-refractivity contribution in [2.75, 3.05) is 36.6 Å². The van der Waals surface area contributed by atoms with E-state index >= 15 is 0 Å². The number of hydrogen-bond acceptors (Lipinski definition) is 5. The molecule has 0 aromatic heterocycles. The maximum Gasteiger partial charge on any atom is 0.245 e. The van der Waals surface area contributed by atoms with Crippen molar-refractivity contribution in [3.63, 3.8) is 0 Å². The summed E-state index contributed by atoms with van der Waals surface area (Å²) in [5.74, 6) is 0.298. The number of methoxy groups -OCH3 is 2. The lowest BCUT2D eigenvalue weighted by Gasteiger charge is -2.24. The highest BCUT2D eigenvalue weighted by Crippen LogP contribution is 2.33. The summed E-state index contributed by atoms with van der Waals surface area (Å²) in [7, 11) is -0.834. The summed E-state index contributed by atoms with van der Waals surface area (Å²) < 4.78 is 37.0. The average Bonchev–Trinajstić information content (AvgIpc) is 2.60. The van der Waals surface area contributed by atoms with E-state index in [9.17, 15) is 13.2 Å². The Kier molecular flexibility index (Phi) is 6.70. The van der Waals surface area contributed by atoms with E-state index in [0.29, 0.717) is 17.2 Å². The molecule has 26 heavy (non-hydrogen) atoms. The second-order valence-corrected chi connectivity index (χ2v) is 8.51. The first kappa shape index (κ1) is 20.3. The monoisotopic (exact) mass is 490 g/mol. The summed E-state index contributed by atoms with van der Waals surface area (Å²) in [6.45, 7) is -0.394. The Morgan fingerprint density at radius 1 is 1.12 bits per heavy atom. The summed E-state index contributed by atoms with van der Waals surface area (Å²) in [6, 6.07) is 11.9. The number of nitrogens with zero attached hydrogens (tertiary/aromatic N) is 1. The number of halogens is 1. The van der Waals surface area contributed by atoms with Gasteiger partial charge in [-0.1, -0.05) is 0 Å². The van der Waals surface area contributed by atoms with E-state index in [4.69, 9.17) is 9.47 Å². The zero-order valence-corrected chi connectivity index (χ0v) is 17.5. The van der Waals surface area contributed by atoms with Crippen LogP contribution in [0.15, 0.2) is 42.5 Å². The first-order valence-electron chi connectivity index (χ1n) is 7.49. The molecule has 2 aromatic rings. The molecular formula is C17H19IN2O5S. The van der Waals surface area contributed by atoms with Gasteiger partial charge in [0, 0.05) is 15.3 Å². The van der Waals surface area contributed by atoms with E-state index in [1.807, 2.05) is 12.1 Å². The van der Waals surface area contributed by atoms with Gasteiger partial charge < -0.3 is 14.8 Å². The smallest absolute Gasteiger partial charge is 0.245 e. The molecular weight excluding hydrogens is 471 g/mol. The van der Waals surface area contributed by atoms with Gasteiger partial charge in [-0.25, -0.2) is 8.42 Å². The summed E-state index contributed by atoms with van der Waals surface area (Å²) in [5.41, 5.74) is 0.814. The van der Waals surface area contributed by atoms with Crippen molar-refractivity contribution in [3.8, 4) is 11.5 Å². The van der Waals surface area contributed by atoms with Gasteiger partial charge in [-0.2, -0.15) is 0 Å². The van der Waals surface area contributed by atoms with Gasteiger partial charge >= 0.3 is 0 Å². The van der Waals surface area contributed by atoms with Crippen LogP contribution in [-0.2, 0) is 14.8 Å². The topological polar surface area (TPSA) is 84.9 Å². The van der Waals surface area contributed by atoms with Crippen LogP contribution in [0.5, 0.6) is 11.5 Å². The number of anilines is 2. The Morgan fingerprint density at radius 2 is 1.77 bits per heavy atom. The maximum absolute atomic E-state index is 12.4. The Morgan fingerprint density at radius 3 is 2.31 bits per heavy atom. The van der Waals surface area contributed by atoms with Gasteiger partial charge in [-0.05, 0) is 59.0 Å². The molecule has 0 heterocycles. The van der Waals surface area contributed by atoms with Gasteiger partial charge in [0.2, 0.25) is 15.9 Å². The SMILES string of the molecule is COc1ccc(OC)c(N(CC(=O)Nc2ccc(I)cc2)S(C)(=O)=O)c1. The van der Waals surface area contributed by atoms with Crippen LogP contribution in [0.3, 0.4) is 0 Å². The molecule has 1 amide bonds. The van der Waals surface area contributed by atoms with Gasteiger partial charge in [-0.3, -0.25) is 9.10 Å². The molecule has 0 radical (unpaired) electrons. The minimum Gasteiger partial charge on any atom is -0.497 e. The molecule has 0 fully saturated rings. The lowest BCUT2D eigenvalue weighted by Crippen LogP contribution is -2.37. The van der Waals surface area contributed by atoms with Crippen LogP contribution in [0, 0.1) is 3.57 Å². The van der Waals surface area contributed by atoms with Crippen LogP contribution >= 0.6 is 22.6 Å². The highest BCUT2D eigenvalue weighted by Gasteiger charge is 2.24. The van der Waals surface area contributed by atoms with Crippen LogP contribution in [0.1, 0.15) is 0 Å². The molecule has 7 nitrogen and oxygen atoms in total. The molecule has 2 aromatic carbocycles. The number of ether oxygens (including phenoxy) is 2. The Hall–Kier alpha value is -2.01. The second-order valence-electron chi connectivity index (χ2n) is 5.36. The van der Waals surface area contributed by atoms with Crippen molar-refractivity contribution in [2.24, 2.45) is 0 Å². The first-order chi connectivity index (χ1) is 12.2. The number of amides is 1. The number of carbonyl (C=O) groups is 1. The normalized spacial score (nSPS) is 10.9. The summed E-state index contributed by atoms with van der Waals surface area (Å²) in [5, 5.41) is 2.69. The van der Waals surface area contributed by atoms with Crippen LogP contribution < -0.4 is 19.1 Å². The molecule has 0 saturated heterocycles. The van der Waals surface area contributed by atoms with E-state index in [1.54, 1.807) is 24.3 Å². The predicted octanol–water partition coefficient (Wildman–Crippen LogP) is 2.71. The maximum atomic E-state index is 12.4. The molecule has 0 aliphatic carbocycles. The third-order valence-electron chi connectivity index (χ3n) is 3.47. The molecule has 140 valence electrons. The fourth-order valence-electron chi connectivity index (χ4n) is 2.24. The standard InChI is InChI=1S/C17H19IN2O5S/c1-24-14-8-9-16(25-2)15(10-14)20(26(3,22)23)11-17(21)19-13-6-4-12(18)5-7-13/h4-10H,11H2,1-3H3,(H,19,21). The van der Waals surface area contributed by atoms with Crippen molar-refractivity contribution in [1.29, 1.82) is 0 Å². The van der Waals surface area contributed by atoms with Gasteiger partial charge in [0.25, 0.3) is 0 Å².